The summed E-state index contributed by atoms with van der Waals surface area (Å²) >= 11 is 0. The van der Waals surface area contributed by atoms with Gasteiger partial charge >= 0.3 is 0 Å². The third kappa shape index (κ3) is 5.27. The number of hydrogen-bond acceptors (Lipinski definition) is 7. The quantitative estimate of drug-likeness (QED) is 0.375. The highest BCUT2D eigenvalue weighted by atomic mass is 16.5. The average Bonchev–Trinajstić information content (AvgIpc) is 3.37. The number of carbonyl (C=O) groups is 3. The van der Waals surface area contributed by atoms with E-state index in [1.807, 2.05) is 0 Å². The molecule has 10 nitrogen and oxygen atoms in total. The van der Waals surface area contributed by atoms with Crippen LogP contribution in [0.4, 0.5) is 5.82 Å². The van der Waals surface area contributed by atoms with Gasteiger partial charge < -0.3 is 5.32 Å². The van der Waals surface area contributed by atoms with Gasteiger partial charge in [-0.05, 0) is 18.8 Å². The molecular formula is C19H28N6O4. The molecule has 3 amide bonds. The topological polar surface area (TPSA) is 119 Å². The molecule has 1 aliphatic heterocycles. The van der Waals surface area contributed by atoms with Gasteiger partial charge in [0.05, 0.1) is 18.7 Å². The van der Waals surface area contributed by atoms with Crippen molar-refractivity contribution >= 4 is 24.0 Å². The number of carbonyl (C=O) groups excluding carboxylic acids is 3. The number of hydrogen-bond donors (Lipinski definition) is 2. The molecule has 10 heteroatoms. The molecule has 0 unspecified atom stereocenters. The molecule has 1 saturated heterocycles. The molecule has 1 aromatic rings. The Labute approximate surface area is 169 Å². The molecule has 0 bridgehead atoms. The van der Waals surface area contributed by atoms with Crippen molar-refractivity contribution in [2.75, 3.05) is 25.5 Å². The first kappa shape index (κ1) is 21.1. The maximum Gasteiger partial charge on any atom is 0.250 e. The van der Waals surface area contributed by atoms with Gasteiger partial charge in [-0.3, -0.25) is 29.6 Å². The molecule has 158 valence electrons. The Hall–Kier alpha value is -2.59. The van der Waals surface area contributed by atoms with Crippen molar-refractivity contribution in [3.8, 4) is 0 Å². The normalized spacial score (nSPS) is 21.2. The van der Waals surface area contributed by atoms with Crippen LogP contribution in [0.15, 0.2) is 18.6 Å². The van der Waals surface area contributed by atoms with Crippen LogP contribution in [0.5, 0.6) is 0 Å². The van der Waals surface area contributed by atoms with Crippen LogP contribution in [-0.4, -0.2) is 74.7 Å². The lowest BCUT2D eigenvalue weighted by atomic mass is 9.92. The van der Waals surface area contributed by atoms with Crippen LogP contribution in [0, 0.1) is 11.8 Å². The van der Waals surface area contributed by atoms with Gasteiger partial charge in [-0.25, -0.2) is 15.1 Å². The largest absolute Gasteiger partial charge is 0.308 e. The summed E-state index contributed by atoms with van der Waals surface area (Å²) in [5.74, 6) is -0.440. The van der Waals surface area contributed by atoms with Gasteiger partial charge in [-0.2, -0.15) is 0 Å². The summed E-state index contributed by atoms with van der Waals surface area (Å²) in [5, 5.41) is 16.1. The Morgan fingerprint density at radius 3 is 2.76 bits per heavy atom. The number of aromatic nitrogens is 2. The van der Waals surface area contributed by atoms with Crippen molar-refractivity contribution in [3.63, 3.8) is 0 Å². The van der Waals surface area contributed by atoms with Crippen LogP contribution in [0.25, 0.3) is 0 Å². The van der Waals surface area contributed by atoms with Crippen LogP contribution in [0.2, 0.25) is 0 Å². The van der Waals surface area contributed by atoms with Crippen molar-refractivity contribution in [3.05, 3.63) is 18.6 Å². The van der Waals surface area contributed by atoms with Crippen LogP contribution in [0.3, 0.4) is 0 Å². The lowest BCUT2D eigenvalue weighted by Crippen LogP contribution is -2.52. The molecular weight excluding hydrogens is 376 g/mol. The van der Waals surface area contributed by atoms with Crippen molar-refractivity contribution in [2.45, 2.75) is 44.6 Å². The predicted molar refractivity (Wildman–Crippen MR) is 103 cm³/mol. The summed E-state index contributed by atoms with van der Waals surface area (Å²) < 4.78 is 0. The van der Waals surface area contributed by atoms with Gasteiger partial charge in [-0.1, -0.05) is 25.7 Å². The van der Waals surface area contributed by atoms with Crippen LogP contribution < -0.4 is 5.32 Å². The first-order chi connectivity index (χ1) is 14.0. The average molecular weight is 404 g/mol. The first-order valence-corrected chi connectivity index (χ1v) is 10.0. The maximum atomic E-state index is 13.4. The molecule has 0 spiro atoms. The van der Waals surface area contributed by atoms with Gasteiger partial charge in [0.15, 0.2) is 5.82 Å². The fourth-order valence-corrected chi connectivity index (χ4v) is 4.27. The lowest BCUT2D eigenvalue weighted by Gasteiger charge is -2.33. The molecule has 2 atom stereocenters. The minimum Gasteiger partial charge on any atom is -0.308 e. The Balaban J connectivity index is 1.74. The fraction of sp³-hybridized carbons (Fsp3) is 0.632. The molecule has 1 saturated carbocycles. The molecule has 2 N–H and O–H groups in total. The van der Waals surface area contributed by atoms with E-state index in [1.165, 1.54) is 23.6 Å². The molecule has 0 aromatic carbocycles. The maximum absolute atomic E-state index is 13.4. The molecule has 29 heavy (non-hydrogen) atoms. The zero-order chi connectivity index (χ0) is 20.8. The molecule has 2 heterocycles. The number of hydroxylamine groups is 2. The Kier molecular flexibility index (Phi) is 7.10. The second-order valence-electron chi connectivity index (χ2n) is 7.76. The SMILES string of the molecule is CN1CC[C@@H](C(=O)Nc2cnccn2)N1C(=O)[C@H](CC1CCCC1)CN(O)C=O. The Morgan fingerprint density at radius 1 is 1.34 bits per heavy atom. The molecule has 1 aromatic heterocycles. The van der Waals surface area contributed by atoms with E-state index in [0.29, 0.717) is 42.6 Å². The number of rotatable bonds is 8. The summed E-state index contributed by atoms with van der Waals surface area (Å²) in [6, 6.07) is -0.677. The van der Waals surface area contributed by atoms with Gasteiger partial charge in [0.25, 0.3) is 0 Å². The molecule has 3 rings (SSSR count). The number of nitrogens with zero attached hydrogens (tertiary/aromatic N) is 5. The lowest BCUT2D eigenvalue weighted by molar-refractivity contribution is -0.164. The van der Waals surface area contributed by atoms with E-state index >= 15 is 0 Å². The second-order valence-corrected chi connectivity index (χ2v) is 7.76. The van der Waals surface area contributed by atoms with Crippen molar-refractivity contribution in [1.82, 2.24) is 25.0 Å². The summed E-state index contributed by atoms with van der Waals surface area (Å²) in [6.45, 7) is 0.471. The van der Waals surface area contributed by atoms with Gasteiger partial charge in [0, 0.05) is 26.0 Å². The number of anilines is 1. The fourth-order valence-electron chi connectivity index (χ4n) is 4.27. The van der Waals surface area contributed by atoms with E-state index in [4.69, 9.17) is 0 Å². The van der Waals surface area contributed by atoms with E-state index in [2.05, 4.69) is 15.3 Å². The zero-order valence-electron chi connectivity index (χ0n) is 16.6. The van der Waals surface area contributed by atoms with E-state index in [9.17, 15) is 19.6 Å². The highest BCUT2D eigenvalue weighted by Gasteiger charge is 2.41. The zero-order valence-corrected chi connectivity index (χ0v) is 16.6. The first-order valence-electron chi connectivity index (χ1n) is 10.0. The third-order valence-electron chi connectivity index (χ3n) is 5.70. The van der Waals surface area contributed by atoms with E-state index in [-0.39, 0.29) is 18.4 Å². The minimum absolute atomic E-state index is 0.0817. The monoisotopic (exact) mass is 404 g/mol. The summed E-state index contributed by atoms with van der Waals surface area (Å²) in [4.78, 5) is 45.1. The van der Waals surface area contributed by atoms with Crippen molar-refractivity contribution in [2.24, 2.45) is 11.8 Å². The smallest absolute Gasteiger partial charge is 0.250 e. The van der Waals surface area contributed by atoms with Crippen molar-refractivity contribution < 1.29 is 19.6 Å². The number of hydrazine groups is 1. The van der Waals surface area contributed by atoms with E-state index in [0.717, 1.165) is 25.7 Å². The molecule has 2 aliphatic rings. The predicted octanol–water partition coefficient (Wildman–Crippen LogP) is 0.907. The Bertz CT molecular complexity index is 712. The number of nitrogens with one attached hydrogen (secondary N) is 1. The van der Waals surface area contributed by atoms with Crippen LogP contribution in [0.1, 0.15) is 38.5 Å². The Morgan fingerprint density at radius 2 is 2.10 bits per heavy atom. The van der Waals surface area contributed by atoms with Crippen LogP contribution >= 0.6 is 0 Å². The minimum atomic E-state index is -0.677. The van der Waals surface area contributed by atoms with Crippen molar-refractivity contribution in [1.29, 1.82) is 0 Å². The summed E-state index contributed by atoms with van der Waals surface area (Å²) in [5.41, 5.74) is 0. The number of amides is 3. The van der Waals surface area contributed by atoms with Gasteiger partial charge in [-0.15, -0.1) is 0 Å². The molecule has 2 fully saturated rings. The van der Waals surface area contributed by atoms with E-state index < -0.39 is 12.0 Å². The second kappa shape index (κ2) is 9.75. The van der Waals surface area contributed by atoms with Crippen LogP contribution in [-0.2, 0) is 14.4 Å². The molecule has 1 aliphatic carbocycles. The van der Waals surface area contributed by atoms with Gasteiger partial charge in [0.2, 0.25) is 18.2 Å². The highest BCUT2D eigenvalue weighted by Crippen LogP contribution is 2.32. The molecule has 0 radical (unpaired) electrons. The van der Waals surface area contributed by atoms with Gasteiger partial charge in [0.1, 0.15) is 6.04 Å². The van der Waals surface area contributed by atoms with E-state index in [1.54, 1.807) is 12.1 Å². The third-order valence-corrected chi connectivity index (χ3v) is 5.70. The standard InChI is InChI=1S/C19H28N6O4/c1-23-9-6-16(18(27)22-17-11-20-7-8-21-17)25(23)19(28)15(12-24(29)13-26)10-14-4-2-3-5-14/h7-8,11,13-16,29H,2-6,9-10,12H2,1H3,(H,21,22,27)/t15-,16+/m1/s1. The highest BCUT2D eigenvalue weighted by molar-refractivity contribution is 5.97. The summed E-state index contributed by atoms with van der Waals surface area (Å²) in [7, 11) is 1.76. The summed E-state index contributed by atoms with van der Waals surface area (Å²) in [6.07, 6.45) is 10.2.